The Balaban J connectivity index is 2.38. The number of amides is 1. The number of carbonyl (C=O) groups excluding carboxylic acids is 1. The Morgan fingerprint density at radius 1 is 1.50 bits per heavy atom. The van der Waals surface area contributed by atoms with E-state index in [2.05, 4.69) is 15.9 Å². The van der Waals surface area contributed by atoms with Crippen molar-refractivity contribution in [2.24, 2.45) is 0 Å². The van der Waals surface area contributed by atoms with Gasteiger partial charge in [-0.3, -0.25) is 4.79 Å². The van der Waals surface area contributed by atoms with Crippen molar-refractivity contribution < 1.29 is 17.6 Å². The summed E-state index contributed by atoms with van der Waals surface area (Å²) in [4.78, 5) is 13.7. The predicted octanol–water partition coefficient (Wildman–Crippen LogP) is 2.15. The maximum atomic E-state index is 14.0. The molecule has 1 aromatic carbocycles. The maximum Gasteiger partial charge on any atom is 0.257 e. The van der Waals surface area contributed by atoms with E-state index in [4.69, 9.17) is 0 Å². The summed E-state index contributed by atoms with van der Waals surface area (Å²) in [6.45, 7) is 0.299. The highest BCUT2D eigenvalue weighted by atomic mass is 79.9. The van der Waals surface area contributed by atoms with Crippen molar-refractivity contribution in [1.82, 2.24) is 4.90 Å². The number of thioether (sulfide) groups is 1. The normalized spacial score (nSPS) is 19.9. The molecule has 1 aliphatic rings. The van der Waals surface area contributed by atoms with E-state index >= 15 is 0 Å². The zero-order chi connectivity index (χ0) is 14.9. The minimum absolute atomic E-state index is 0.111. The third-order valence-corrected chi connectivity index (χ3v) is 6.28. The van der Waals surface area contributed by atoms with Gasteiger partial charge in [0.05, 0.1) is 10.0 Å². The predicted molar refractivity (Wildman–Crippen MR) is 81.1 cm³/mol. The van der Waals surface area contributed by atoms with E-state index in [1.54, 1.807) is 6.07 Å². The molecule has 20 heavy (non-hydrogen) atoms. The van der Waals surface area contributed by atoms with Crippen LogP contribution in [0, 0.1) is 5.82 Å². The highest BCUT2D eigenvalue weighted by Crippen LogP contribution is 2.25. The summed E-state index contributed by atoms with van der Waals surface area (Å²) in [5.41, 5.74) is -0.111. The van der Waals surface area contributed by atoms with Gasteiger partial charge in [0.25, 0.3) is 5.91 Å². The van der Waals surface area contributed by atoms with E-state index in [1.807, 2.05) is 0 Å². The van der Waals surface area contributed by atoms with Gasteiger partial charge in [0.1, 0.15) is 11.2 Å². The van der Waals surface area contributed by atoms with Crippen molar-refractivity contribution in [3.8, 4) is 0 Å². The fourth-order valence-corrected chi connectivity index (χ4v) is 5.17. The van der Waals surface area contributed by atoms with E-state index in [1.165, 1.54) is 28.8 Å². The lowest BCUT2D eigenvalue weighted by atomic mass is 10.2. The fraction of sp³-hybridized carbons (Fsp3) is 0.417. The number of hydrogen-bond donors (Lipinski definition) is 0. The van der Waals surface area contributed by atoms with E-state index in [0.29, 0.717) is 18.1 Å². The monoisotopic (exact) mass is 381 g/mol. The van der Waals surface area contributed by atoms with Gasteiger partial charge in [-0.2, -0.15) is 11.8 Å². The summed E-state index contributed by atoms with van der Waals surface area (Å²) in [6.07, 6.45) is 1.10. The Labute approximate surface area is 129 Å². The van der Waals surface area contributed by atoms with E-state index in [9.17, 15) is 17.6 Å². The van der Waals surface area contributed by atoms with Crippen molar-refractivity contribution in [2.75, 3.05) is 24.3 Å². The zero-order valence-corrected chi connectivity index (χ0v) is 13.9. The van der Waals surface area contributed by atoms with Crippen molar-refractivity contribution >= 4 is 43.4 Å². The molecule has 1 saturated heterocycles. The lowest BCUT2D eigenvalue weighted by Gasteiger charge is -2.34. The summed E-state index contributed by atoms with van der Waals surface area (Å²) in [5, 5.41) is -0.896. The van der Waals surface area contributed by atoms with Gasteiger partial charge in [0, 0.05) is 24.3 Å². The molecule has 1 amide bonds. The summed E-state index contributed by atoms with van der Waals surface area (Å²) in [5.74, 6) is -0.282. The Hall–Kier alpha value is -0.600. The van der Waals surface area contributed by atoms with Crippen LogP contribution >= 0.6 is 27.7 Å². The van der Waals surface area contributed by atoms with Crippen LogP contribution < -0.4 is 0 Å². The maximum absolute atomic E-state index is 14.0. The van der Waals surface area contributed by atoms with Gasteiger partial charge in [-0.05, 0) is 28.1 Å². The molecule has 0 spiro atoms. The first-order valence-electron chi connectivity index (χ1n) is 5.84. The van der Waals surface area contributed by atoms with Gasteiger partial charge in [0.15, 0.2) is 9.84 Å². The Bertz CT molecular complexity index is 636. The Kier molecular flexibility index (Phi) is 4.76. The zero-order valence-electron chi connectivity index (χ0n) is 10.7. The highest BCUT2D eigenvalue weighted by molar-refractivity contribution is 9.10. The topological polar surface area (TPSA) is 54.5 Å². The lowest BCUT2D eigenvalue weighted by Crippen LogP contribution is -2.50. The van der Waals surface area contributed by atoms with Gasteiger partial charge >= 0.3 is 0 Å². The summed E-state index contributed by atoms with van der Waals surface area (Å²) < 4.78 is 37.7. The largest absolute Gasteiger partial charge is 0.320 e. The molecule has 1 fully saturated rings. The molecule has 2 rings (SSSR count). The van der Waals surface area contributed by atoms with E-state index in [-0.39, 0.29) is 10.0 Å². The molecule has 1 heterocycles. The number of hydrogen-bond acceptors (Lipinski definition) is 4. The molecule has 0 bridgehead atoms. The molecule has 1 atom stereocenters. The second-order valence-electron chi connectivity index (χ2n) is 4.46. The molecule has 1 aromatic rings. The van der Waals surface area contributed by atoms with Crippen LogP contribution in [0.5, 0.6) is 0 Å². The van der Waals surface area contributed by atoms with Crippen LogP contribution in [-0.2, 0) is 9.84 Å². The fourth-order valence-electron chi connectivity index (χ4n) is 1.99. The molecular weight excluding hydrogens is 369 g/mol. The molecule has 0 aromatic heterocycles. The summed E-state index contributed by atoms with van der Waals surface area (Å²) >= 11 is 4.50. The quantitative estimate of drug-likeness (QED) is 0.787. The first-order chi connectivity index (χ1) is 9.32. The van der Waals surface area contributed by atoms with Crippen molar-refractivity contribution in [2.45, 2.75) is 5.37 Å². The second-order valence-corrected chi connectivity index (χ2v) is 8.67. The van der Waals surface area contributed by atoms with Gasteiger partial charge in [-0.1, -0.05) is 6.07 Å². The van der Waals surface area contributed by atoms with Crippen LogP contribution in [0.1, 0.15) is 10.4 Å². The van der Waals surface area contributed by atoms with Gasteiger partial charge < -0.3 is 4.90 Å². The third-order valence-electron chi connectivity index (χ3n) is 3.02. The number of benzene rings is 1. The first kappa shape index (κ1) is 15.8. The molecule has 0 N–H and O–H groups in total. The second kappa shape index (κ2) is 6.03. The number of sulfone groups is 1. The van der Waals surface area contributed by atoms with Gasteiger partial charge in [-0.15, -0.1) is 0 Å². The number of halogens is 2. The van der Waals surface area contributed by atoms with Crippen LogP contribution in [0.25, 0.3) is 0 Å². The van der Waals surface area contributed by atoms with Crippen LogP contribution in [0.15, 0.2) is 22.7 Å². The molecule has 0 radical (unpaired) electrons. The summed E-state index contributed by atoms with van der Waals surface area (Å²) in [7, 11) is -3.40. The average Bonchev–Trinajstić information content (AvgIpc) is 2.40. The average molecular weight is 382 g/mol. The van der Waals surface area contributed by atoms with E-state index < -0.39 is 26.9 Å². The molecule has 1 aliphatic heterocycles. The van der Waals surface area contributed by atoms with Crippen LogP contribution in [0.3, 0.4) is 0 Å². The summed E-state index contributed by atoms with van der Waals surface area (Å²) in [6, 6.07) is 4.41. The molecule has 0 aliphatic carbocycles. The van der Waals surface area contributed by atoms with Crippen LogP contribution in [0.2, 0.25) is 0 Å². The molecule has 0 saturated carbocycles. The Morgan fingerprint density at radius 2 is 2.20 bits per heavy atom. The SMILES string of the molecule is CS(=O)(=O)C1CSCCN1C(=O)c1cccc(Br)c1F. The Morgan fingerprint density at radius 3 is 2.85 bits per heavy atom. The van der Waals surface area contributed by atoms with Crippen molar-refractivity contribution in [1.29, 1.82) is 0 Å². The lowest BCUT2D eigenvalue weighted by molar-refractivity contribution is 0.0744. The first-order valence-corrected chi connectivity index (χ1v) is 9.74. The number of carbonyl (C=O) groups is 1. The standard InChI is InChI=1S/C12H13BrFNO3S2/c1-20(17,18)10-7-19-6-5-15(10)12(16)8-3-2-4-9(13)11(8)14/h2-4,10H,5-7H2,1H3. The molecule has 4 nitrogen and oxygen atoms in total. The van der Waals surface area contributed by atoms with Gasteiger partial charge in [-0.25, -0.2) is 12.8 Å². The van der Waals surface area contributed by atoms with Crippen molar-refractivity contribution in [3.63, 3.8) is 0 Å². The smallest absolute Gasteiger partial charge is 0.257 e. The highest BCUT2D eigenvalue weighted by Gasteiger charge is 2.35. The molecular formula is C12H13BrFNO3S2. The molecule has 1 unspecified atom stereocenters. The molecule has 110 valence electrons. The third kappa shape index (κ3) is 3.17. The minimum Gasteiger partial charge on any atom is -0.320 e. The number of rotatable bonds is 2. The van der Waals surface area contributed by atoms with Gasteiger partial charge in [0.2, 0.25) is 0 Å². The minimum atomic E-state index is -3.40. The molecule has 8 heteroatoms. The van der Waals surface area contributed by atoms with Crippen molar-refractivity contribution in [3.05, 3.63) is 34.1 Å². The van der Waals surface area contributed by atoms with E-state index in [0.717, 1.165) is 6.26 Å². The van der Waals surface area contributed by atoms with Crippen LogP contribution in [-0.4, -0.2) is 48.9 Å². The number of nitrogens with zero attached hydrogens (tertiary/aromatic N) is 1. The van der Waals surface area contributed by atoms with Crippen LogP contribution in [0.4, 0.5) is 4.39 Å².